The van der Waals surface area contributed by atoms with Crippen molar-refractivity contribution in [3.63, 3.8) is 0 Å². The molecule has 8 heteroatoms. The van der Waals surface area contributed by atoms with Gasteiger partial charge in [-0.3, -0.25) is 8.80 Å². The minimum absolute atomic E-state index is 0.0767. The van der Waals surface area contributed by atoms with Crippen LogP contribution in [0.5, 0.6) is 11.8 Å². The maximum atomic E-state index is 11.7. The Morgan fingerprint density at radius 2 is 0.714 bits per heavy atom. The number of aromatic nitrogens is 6. The predicted octanol–water partition coefficient (Wildman–Crippen LogP) is 13.1. The molecule has 0 aliphatic heterocycles. The van der Waals surface area contributed by atoms with E-state index in [1.807, 2.05) is 73.1 Å². The summed E-state index contributed by atoms with van der Waals surface area (Å²) in [5.41, 5.74) is 6.55. The molecule has 2 N–H and O–H groups in total. The number of nitrogens with zero attached hydrogens (tertiary/aromatic N) is 6. The Morgan fingerprint density at radius 3 is 1.05 bits per heavy atom. The van der Waals surface area contributed by atoms with Crippen LogP contribution in [0.3, 0.4) is 0 Å². The summed E-state index contributed by atoms with van der Waals surface area (Å²) >= 11 is 0. The summed E-state index contributed by atoms with van der Waals surface area (Å²) in [4.78, 5) is 20.6. The summed E-state index contributed by atoms with van der Waals surface area (Å²) in [6.45, 7) is 4.54. The largest absolute Gasteiger partial charge is 0.493 e. The van der Waals surface area contributed by atoms with Crippen molar-refractivity contribution in [2.45, 2.75) is 155 Å². The maximum Gasteiger partial charge on any atom is 0.224 e. The Labute approximate surface area is 334 Å². The van der Waals surface area contributed by atoms with Gasteiger partial charge in [-0.25, -0.2) is 19.9 Å². The Kier molecular flexibility index (Phi) is 15.7. The lowest BCUT2D eigenvalue weighted by Crippen LogP contribution is -2.05. The fourth-order valence-electron chi connectivity index (χ4n) is 7.90. The highest BCUT2D eigenvalue weighted by molar-refractivity contribution is 5.85. The number of hydrogen-bond donors (Lipinski definition) is 2. The normalized spacial score (nSPS) is 11.7. The molecule has 56 heavy (non-hydrogen) atoms. The van der Waals surface area contributed by atoms with Gasteiger partial charge in [-0.05, 0) is 25.7 Å². The van der Waals surface area contributed by atoms with E-state index >= 15 is 0 Å². The summed E-state index contributed by atoms with van der Waals surface area (Å²) in [5, 5.41) is 23.4. The average Bonchev–Trinajstić information content (AvgIpc) is 3.75. The molecule has 0 saturated carbocycles. The van der Waals surface area contributed by atoms with Gasteiger partial charge < -0.3 is 10.2 Å². The molecule has 6 aromatic rings. The van der Waals surface area contributed by atoms with Gasteiger partial charge in [0.25, 0.3) is 0 Å². The first kappa shape index (κ1) is 40.9. The zero-order chi connectivity index (χ0) is 39.0. The van der Waals surface area contributed by atoms with Gasteiger partial charge in [0.15, 0.2) is 11.3 Å². The van der Waals surface area contributed by atoms with Gasteiger partial charge in [0.05, 0.1) is 11.4 Å². The molecule has 0 spiro atoms. The van der Waals surface area contributed by atoms with Crippen molar-refractivity contribution in [2.24, 2.45) is 0 Å². The molecule has 4 aromatic heterocycles. The van der Waals surface area contributed by atoms with Crippen molar-refractivity contribution in [3.8, 4) is 45.7 Å². The van der Waals surface area contributed by atoms with Crippen LogP contribution in [0.2, 0.25) is 0 Å². The molecule has 0 aliphatic carbocycles. The maximum absolute atomic E-state index is 11.7. The molecule has 0 amide bonds. The first-order chi connectivity index (χ1) is 27.6. The van der Waals surface area contributed by atoms with Crippen molar-refractivity contribution in [1.82, 2.24) is 28.7 Å². The second-order valence-corrected chi connectivity index (χ2v) is 15.7. The van der Waals surface area contributed by atoms with Gasteiger partial charge in [0, 0.05) is 23.5 Å². The van der Waals surface area contributed by atoms with Crippen LogP contribution in [0.1, 0.15) is 154 Å². The molecule has 298 valence electrons. The molecule has 0 aliphatic rings. The quantitative estimate of drug-likeness (QED) is 0.0564. The topological polar surface area (TPSA) is 101 Å². The van der Waals surface area contributed by atoms with Crippen LogP contribution < -0.4 is 0 Å². The van der Waals surface area contributed by atoms with Gasteiger partial charge in [0.2, 0.25) is 11.8 Å². The third kappa shape index (κ3) is 10.8. The Morgan fingerprint density at radius 1 is 0.393 bits per heavy atom. The molecule has 0 fully saturated rings. The van der Waals surface area contributed by atoms with Crippen molar-refractivity contribution in [3.05, 3.63) is 84.4 Å². The fourth-order valence-corrected chi connectivity index (χ4v) is 7.90. The molecule has 0 atom stereocenters. The first-order valence-corrected chi connectivity index (χ1v) is 21.9. The second-order valence-electron chi connectivity index (χ2n) is 15.7. The van der Waals surface area contributed by atoms with E-state index in [0.29, 0.717) is 34.1 Å². The Bertz CT molecular complexity index is 1920. The smallest absolute Gasteiger partial charge is 0.224 e. The lowest BCUT2D eigenvalue weighted by atomic mass is 10.1. The fraction of sp³-hybridized carbons (Fsp3) is 0.500. The molecule has 0 unspecified atom stereocenters. The molecule has 0 radical (unpaired) electrons. The lowest BCUT2D eigenvalue weighted by molar-refractivity contribution is 0.449. The van der Waals surface area contributed by atoms with Crippen molar-refractivity contribution < 1.29 is 10.2 Å². The SMILES string of the molecule is CCCCCCCCCCCCc1cn2c(O)c(-c3ccccc3)nc2c(-c2nc(CCCCCCCCCCCC)cn3c(O)c(-c4ccccc4)nc23)n1. The van der Waals surface area contributed by atoms with E-state index in [-0.39, 0.29) is 11.8 Å². The van der Waals surface area contributed by atoms with Crippen LogP contribution in [0.4, 0.5) is 0 Å². The molecule has 8 nitrogen and oxygen atoms in total. The average molecular weight is 757 g/mol. The van der Waals surface area contributed by atoms with E-state index in [4.69, 9.17) is 19.9 Å². The van der Waals surface area contributed by atoms with E-state index in [2.05, 4.69) is 13.8 Å². The van der Waals surface area contributed by atoms with Crippen LogP contribution >= 0.6 is 0 Å². The molecule has 6 rings (SSSR count). The number of fused-ring (bicyclic) bond motifs is 2. The van der Waals surface area contributed by atoms with E-state index in [1.165, 1.54) is 103 Å². The van der Waals surface area contributed by atoms with Crippen LogP contribution in [0, 0.1) is 0 Å². The lowest BCUT2D eigenvalue weighted by Gasteiger charge is -2.11. The Hall–Kier alpha value is -4.72. The highest BCUT2D eigenvalue weighted by Gasteiger charge is 2.25. The molecule has 0 saturated heterocycles. The summed E-state index contributed by atoms with van der Waals surface area (Å²) < 4.78 is 3.54. The molecule has 4 heterocycles. The van der Waals surface area contributed by atoms with Crippen LogP contribution in [-0.4, -0.2) is 39.0 Å². The van der Waals surface area contributed by atoms with Gasteiger partial charge in [-0.1, -0.05) is 190 Å². The molecule has 0 bridgehead atoms. The van der Waals surface area contributed by atoms with Crippen LogP contribution in [-0.2, 0) is 12.8 Å². The highest BCUT2D eigenvalue weighted by atomic mass is 16.3. The van der Waals surface area contributed by atoms with Crippen molar-refractivity contribution in [1.29, 1.82) is 0 Å². The van der Waals surface area contributed by atoms with E-state index in [1.54, 1.807) is 8.80 Å². The summed E-state index contributed by atoms with van der Waals surface area (Å²) in [6, 6.07) is 19.6. The molecular formula is C48H64N6O2. The van der Waals surface area contributed by atoms with Gasteiger partial charge in [-0.2, -0.15) is 0 Å². The molecular weight excluding hydrogens is 693 g/mol. The number of aryl methyl sites for hydroxylation is 2. The zero-order valence-corrected chi connectivity index (χ0v) is 34.1. The van der Waals surface area contributed by atoms with Crippen molar-refractivity contribution in [2.75, 3.05) is 0 Å². The minimum Gasteiger partial charge on any atom is -0.493 e. The summed E-state index contributed by atoms with van der Waals surface area (Å²) in [7, 11) is 0. The number of aromatic hydroxyl groups is 2. The number of unbranched alkanes of at least 4 members (excludes halogenated alkanes) is 18. The first-order valence-electron chi connectivity index (χ1n) is 21.9. The monoisotopic (exact) mass is 757 g/mol. The Balaban J connectivity index is 1.30. The van der Waals surface area contributed by atoms with E-state index < -0.39 is 0 Å². The summed E-state index contributed by atoms with van der Waals surface area (Å²) in [6.07, 6.45) is 30.7. The highest BCUT2D eigenvalue weighted by Crippen LogP contribution is 2.37. The van der Waals surface area contributed by atoms with Gasteiger partial charge in [-0.15, -0.1) is 0 Å². The third-order valence-corrected chi connectivity index (χ3v) is 11.2. The van der Waals surface area contributed by atoms with Gasteiger partial charge >= 0.3 is 0 Å². The third-order valence-electron chi connectivity index (χ3n) is 11.2. The number of hydrogen-bond acceptors (Lipinski definition) is 6. The standard InChI is InChI=1S/C48H64N6O2/c1-3-5-7-9-11-13-15-17-19-27-33-39-35-53-45(51-41(47(53)55)37-29-23-21-24-30-37)43(49-39)44-46-52-42(38-31-25-22-26-32-38)48(56)54(46)36-40(50-44)34-28-20-18-16-14-12-10-8-6-4-2/h21-26,29-32,35-36,55-56H,3-20,27-28,33-34H2,1-2H3. The van der Waals surface area contributed by atoms with Crippen LogP contribution in [0.15, 0.2) is 73.1 Å². The number of imidazole rings is 2. The van der Waals surface area contributed by atoms with Crippen LogP contribution in [0.25, 0.3) is 45.2 Å². The molecule has 2 aromatic carbocycles. The van der Waals surface area contributed by atoms with E-state index in [9.17, 15) is 10.2 Å². The number of benzene rings is 2. The van der Waals surface area contributed by atoms with Gasteiger partial charge in [0.1, 0.15) is 22.8 Å². The summed E-state index contributed by atoms with van der Waals surface area (Å²) in [5.74, 6) is 0.153. The van der Waals surface area contributed by atoms with E-state index in [0.717, 1.165) is 61.0 Å². The minimum atomic E-state index is 0.0767. The predicted molar refractivity (Wildman–Crippen MR) is 230 cm³/mol. The number of rotatable bonds is 25. The van der Waals surface area contributed by atoms with Crippen molar-refractivity contribution >= 4 is 11.3 Å². The second kappa shape index (κ2) is 21.5. The zero-order valence-electron chi connectivity index (χ0n) is 34.1.